The minimum Gasteiger partial charge on any atom is -0.330 e. The van der Waals surface area contributed by atoms with Gasteiger partial charge in [-0.25, -0.2) is 0 Å². The Balaban J connectivity index is 3.04. The largest absolute Gasteiger partial charge is 0.330 e. The van der Waals surface area contributed by atoms with Crippen molar-refractivity contribution < 1.29 is 0 Å². The molecule has 1 unspecified atom stereocenters. The lowest BCUT2D eigenvalue weighted by Crippen LogP contribution is -2.09. The van der Waals surface area contributed by atoms with Gasteiger partial charge >= 0.3 is 0 Å². The Kier molecular flexibility index (Phi) is 3.39. The zero-order valence-electron chi connectivity index (χ0n) is 6.85. The molecule has 0 saturated heterocycles. The van der Waals surface area contributed by atoms with Gasteiger partial charge in [0.2, 0.25) is 0 Å². The fourth-order valence-corrected chi connectivity index (χ4v) is 1.50. The Morgan fingerprint density at radius 3 is 2.67 bits per heavy atom. The van der Waals surface area contributed by atoms with Gasteiger partial charge in [-0.05, 0) is 36.2 Å². The summed E-state index contributed by atoms with van der Waals surface area (Å²) in [5.41, 5.74) is 6.54. The molecule has 0 saturated carbocycles. The molecule has 1 atom stereocenters. The smallest absolute Gasteiger partial charge is 0.0442 e. The summed E-state index contributed by atoms with van der Waals surface area (Å²) in [4.78, 5) is 0. The first-order chi connectivity index (χ1) is 5.65. The fourth-order valence-electron chi connectivity index (χ4n) is 1.02. The van der Waals surface area contributed by atoms with Crippen LogP contribution in [0.25, 0.3) is 0 Å². The molecule has 0 bridgehead atoms. The van der Waals surface area contributed by atoms with Gasteiger partial charge in [0, 0.05) is 10.0 Å². The van der Waals surface area contributed by atoms with Gasteiger partial charge in [-0.1, -0.05) is 30.1 Å². The van der Waals surface area contributed by atoms with E-state index >= 15 is 0 Å². The molecule has 0 amide bonds. The lowest BCUT2D eigenvalue weighted by molar-refractivity contribution is 0.774. The maximum Gasteiger partial charge on any atom is 0.0442 e. The molecule has 0 aliphatic carbocycles. The third kappa shape index (κ3) is 2.13. The van der Waals surface area contributed by atoms with Crippen LogP contribution in [-0.2, 0) is 0 Å². The molecule has 66 valence electrons. The number of hydrogen-bond acceptors (Lipinski definition) is 1. The molecular formula is C9H11Cl2N. The lowest BCUT2D eigenvalue weighted by atomic mass is 10.0. The van der Waals surface area contributed by atoms with Crippen LogP contribution in [0.5, 0.6) is 0 Å². The second-order valence-corrected chi connectivity index (χ2v) is 3.65. The van der Waals surface area contributed by atoms with Crippen molar-refractivity contribution in [2.75, 3.05) is 6.54 Å². The molecule has 2 N–H and O–H groups in total. The molecule has 0 radical (unpaired) electrons. The topological polar surface area (TPSA) is 26.0 Å². The Morgan fingerprint density at radius 1 is 1.42 bits per heavy atom. The van der Waals surface area contributed by atoms with Gasteiger partial charge in [-0.2, -0.15) is 0 Å². The standard InChI is InChI=1S/C9H11Cl2N/c1-6(5-12)8-4-7(10)2-3-9(8)11/h2-4,6H,5,12H2,1H3. The minimum absolute atomic E-state index is 0.260. The van der Waals surface area contributed by atoms with Gasteiger partial charge in [0.1, 0.15) is 0 Å². The summed E-state index contributed by atoms with van der Waals surface area (Å²) in [7, 11) is 0. The van der Waals surface area contributed by atoms with E-state index in [2.05, 4.69) is 0 Å². The van der Waals surface area contributed by atoms with Crippen LogP contribution >= 0.6 is 23.2 Å². The van der Waals surface area contributed by atoms with Crippen LogP contribution in [0.2, 0.25) is 10.0 Å². The molecule has 1 aromatic carbocycles. The van der Waals surface area contributed by atoms with Crippen molar-refractivity contribution in [3.63, 3.8) is 0 Å². The molecule has 1 rings (SSSR count). The van der Waals surface area contributed by atoms with Crippen molar-refractivity contribution >= 4 is 23.2 Å². The summed E-state index contributed by atoms with van der Waals surface area (Å²) in [5, 5.41) is 1.44. The van der Waals surface area contributed by atoms with E-state index in [4.69, 9.17) is 28.9 Å². The predicted octanol–water partition coefficient (Wildman–Crippen LogP) is 3.06. The fraction of sp³-hybridized carbons (Fsp3) is 0.333. The summed E-state index contributed by atoms with van der Waals surface area (Å²) in [6.45, 7) is 2.61. The molecule has 0 aliphatic heterocycles. The van der Waals surface area contributed by atoms with E-state index in [1.54, 1.807) is 12.1 Å². The van der Waals surface area contributed by atoms with Crippen LogP contribution in [0.3, 0.4) is 0 Å². The molecule has 0 fully saturated rings. The van der Waals surface area contributed by atoms with Crippen molar-refractivity contribution in [1.29, 1.82) is 0 Å². The van der Waals surface area contributed by atoms with E-state index < -0.39 is 0 Å². The monoisotopic (exact) mass is 203 g/mol. The Labute approximate surface area is 82.5 Å². The highest BCUT2D eigenvalue weighted by Crippen LogP contribution is 2.26. The van der Waals surface area contributed by atoms with Crippen molar-refractivity contribution in [3.8, 4) is 0 Å². The highest BCUT2D eigenvalue weighted by atomic mass is 35.5. The molecular weight excluding hydrogens is 193 g/mol. The number of nitrogens with two attached hydrogens (primary N) is 1. The second-order valence-electron chi connectivity index (χ2n) is 2.80. The quantitative estimate of drug-likeness (QED) is 0.787. The zero-order valence-corrected chi connectivity index (χ0v) is 8.36. The summed E-state index contributed by atoms with van der Waals surface area (Å²) in [6, 6.07) is 5.43. The molecule has 0 heterocycles. The third-order valence-corrected chi connectivity index (χ3v) is 2.42. The first kappa shape index (κ1) is 9.85. The van der Waals surface area contributed by atoms with Crippen molar-refractivity contribution in [2.45, 2.75) is 12.8 Å². The van der Waals surface area contributed by atoms with Gasteiger partial charge in [0.05, 0.1) is 0 Å². The molecule has 0 aliphatic rings. The van der Waals surface area contributed by atoms with Gasteiger partial charge in [0.15, 0.2) is 0 Å². The summed E-state index contributed by atoms with van der Waals surface area (Å²) in [6.07, 6.45) is 0. The van der Waals surface area contributed by atoms with Crippen LogP contribution in [-0.4, -0.2) is 6.54 Å². The van der Waals surface area contributed by atoms with Crippen molar-refractivity contribution in [3.05, 3.63) is 33.8 Å². The predicted molar refractivity (Wildman–Crippen MR) is 53.9 cm³/mol. The highest BCUT2D eigenvalue weighted by Gasteiger charge is 2.07. The van der Waals surface area contributed by atoms with E-state index in [0.717, 1.165) is 10.6 Å². The SMILES string of the molecule is CC(CN)c1cc(Cl)ccc1Cl. The van der Waals surface area contributed by atoms with Crippen molar-refractivity contribution in [1.82, 2.24) is 0 Å². The molecule has 1 nitrogen and oxygen atoms in total. The van der Waals surface area contributed by atoms with E-state index in [1.165, 1.54) is 0 Å². The summed E-state index contributed by atoms with van der Waals surface area (Å²) in [5.74, 6) is 0.260. The van der Waals surface area contributed by atoms with Crippen LogP contribution in [0.15, 0.2) is 18.2 Å². The second kappa shape index (κ2) is 4.13. The maximum atomic E-state index is 5.96. The average molecular weight is 204 g/mol. The van der Waals surface area contributed by atoms with E-state index in [1.807, 2.05) is 13.0 Å². The van der Waals surface area contributed by atoms with Gasteiger partial charge in [-0.15, -0.1) is 0 Å². The van der Waals surface area contributed by atoms with Crippen molar-refractivity contribution in [2.24, 2.45) is 5.73 Å². The van der Waals surface area contributed by atoms with Gasteiger partial charge < -0.3 is 5.73 Å². The number of benzene rings is 1. The van der Waals surface area contributed by atoms with E-state index in [0.29, 0.717) is 11.6 Å². The molecule has 3 heteroatoms. The molecule has 0 aromatic heterocycles. The Morgan fingerprint density at radius 2 is 2.08 bits per heavy atom. The van der Waals surface area contributed by atoms with E-state index in [-0.39, 0.29) is 5.92 Å². The zero-order chi connectivity index (χ0) is 9.14. The van der Waals surface area contributed by atoms with Gasteiger partial charge in [-0.3, -0.25) is 0 Å². The maximum absolute atomic E-state index is 5.96. The Bertz CT molecular complexity index is 273. The van der Waals surface area contributed by atoms with Crippen LogP contribution in [0.1, 0.15) is 18.4 Å². The number of hydrogen-bond donors (Lipinski definition) is 1. The lowest BCUT2D eigenvalue weighted by Gasteiger charge is -2.10. The highest BCUT2D eigenvalue weighted by molar-refractivity contribution is 6.33. The average Bonchev–Trinajstić information content (AvgIpc) is 2.08. The third-order valence-electron chi connectivity index (χ3n) is 1.84. The first-order valence-electron chi connectivity index (χ1n) is 3.80. The van der Waals surface area contributed by atoms with Crippen LogP contribution in [0, 0.1) is 0 Å². The molecule has 1 aromatic rings. The number of rotatable bonds is 2. The normalized spacial score (nSPS) is 13.0. The van der Waals surface area contributed by atoms with Crippen LogP contribution < -0.4 is 5.73 Å². The Hall–Kier alpha value is -0.240. The van der Waals surface area contributed by atoms with Gasteiger partial charge in [0.25, 0.3) is 0 Å². The molecule has 12 heavy (non-hydrogen) atoms. The minimum atomic E-state index is 0.260. The summed E-state index contributed by atoms with van der Waals surface area (Å²) >= 11 is 11.8. The van der Waals surface area contributed by atoms with E-state index in [9.17, 15) is 0 Å². The summed E-state index contributed by atoms with van der Waals surface area (Å²) < 4.78 is 0. The molecule has 0 spiro atoms. The first-order valence-corrected chi connectivity index (χ1v) is 4.55. The number of halogens is 2. The van der Waals surface area contributed by atoms with Crippen LogP contribution in [0.4, 0.5) is 0 Å².